The van der Waals surface area contributed by atoms with E-state index in [1.807, 2.05) is 36.4 Å². The van der Waals surface area contributed by atoms with Gasteiger partial charge in [-0.1, -0.05) is 84.8 Å². The molecule has 5 rings (SSSR count). The van der Waals surface area contributed by atoms with Crippen LogP contribution < -0.4 is 5.32 Å². The molecule has 3 aromatic rings. The van der Waals surface area contributed by atoms with E-state index in [1.165, 1.54) is 5.56 Å². The molecule has 3 atom stereocenters. The summed E-state index contributed by atoms with van der Waals surface area (Å²) in [5, 5.41) is 10.2. The van der Waals surface area contributed by atoms with Crippen molar-refractivity contribution in [2.75, 3.05) is 5.32 Å². The van der Waals surface area contributed by atoms with Gasteiger partial charge in [0.15, 0.2) is 0 Å². The first-order valence-corrected chi connectivity index (χ1v) is 11.6. The number of nitrogens with one attached hydrogen (secondary N) is 1. The average molecular weight is 444 g/mol. The fourth-order valence-electron chi connectivity index (χ4n) is 5.06. The Morgan fingerprint density at radius 3 is 2.47 bits per heavy atom. The number of halogens is 1. The first kappa shape index (κ1) is 20.8. The van der Waals surface area contributed by atoms with Crippen LogP contribution in [0.4, 0.5) is 10.5 Å². The number of hydrogen-bond donors (Lipinski definition) is 1. The second-order valence-corrected chi connectivity index (χ2v) is 9.03. The Morgan fingerprint density at radius 1 is 0.969 bits per heavy atom. The molecule has 5 heteroatoms. The van der Waals surface area contributed by atoms with Gasteiger partial charge in [-0.15, -0.1) is 0 Å². The molecule has 0 bridgehead atoms. The lowest BCUT2D eigenvalue weighted by Gasteiger charge is -2.32. The third-order valence-electron chi connectivity index (χ3n) is 6.48. The van der Waals surface area contributed by atoms with Crippen molar-refractivity contribution in [3.05, 3.63) is 101 Å². The number of benzene rings is 3. The summed E-state index contributed by atoms with van der Waals surface area (Å²) in [4.78, 5) is 13.4. The van der Waals surface area contributed by atoms with Crippen molar-refractivity contribution in [3.63, 3.8) is 0 Å². The van der Waals surface area contributed by atoms with Crippen molar-refractivity contribution >= 4 is 29.0 Å². The molecule has 1 fully saturated rings. The monoisotopic (exact) mass is 443 g/mol. The third-order valence-corrected chi connectivity index (χ3v) is 6.72. The highest BCUT2D eigenvalue weighted by Crippen LogP contribution is 2.45. The van der Waals surface area contributed by atoms with Crippen LogP contribution >= 0.6 is 11.6 Å². The molecule has 1 saturated carbocycles. The molecule has 0 aromatic heterocycles. The predicted molar refractivity (Wildman–Crippen MR) is 130 cm³/mol. The molecule has 162 valence electrons. The number of hydrogen-bond acceptors (Lipinski definition) is 2. The molecule has 3 unspecified atom stereocenters. The van der Waals surface area contributed by atoms with Crippen LogP contribution in [0.25, 0.3) is 0 Å². The zero-order valence-corrected chi connectivity index (χ0v) is 18.6. The van der Waals surface area contributed by atoms with Gasteiger partial charge < -0.3 is 5.32 Å². The minimum absolute atomic E-state index is 0.0936. The number of nitrogens with zero attached hydrogens (tertiary/aromatic N) is 2. The van der Waals surface area contributed by atoms with Crippen molar-refractivity contribution in [1.82, 2.24) is 5.01 Å². The van der Waals surface area contributed by atoms with Crippen LogP contribution in [-0.2, 0) is 6.42 Å². The van der Waals surface area contributed by atoms with E-state index >= 15 is 0 Å². The largest absolute Gasteiger partial charge is 0.342 e. The standard InChI is InChI=1S/C27H26ClN3O/c28-22-14-8-15-23(18-22)29-27(32)31-26(20-11-5-2-6-12-20)24-16-7-13-21(25(24)30-31)17-19-9-3-1-4-10-19/h1-6,8-12,14-15,18,21,24,26H,7,13,16-17H2,(H,29,32). The number of amides is 2. The van der Waals surface area contributed by atoms with Gasteiger partial charge >= 0.3 is 6.03 Å². The molecule has 1 aliphatic heterocycles. The van der Waals surface area contributed by atoms with E-state index in [9.17, 15) is 4.79 Å². The van der Waals surface area contributed by atoms with Crippen molar-refractivity contribution in [3.8, 4) is 0 Å². The first-order chi connectivity index (χ1) is 15.7. The highest BCUT2D eigenvalue weighted by atomic mass is 35.5. The Kier molecular flexibility index (Phi) is 5.95. The Bertz CT molecular complexity index is 1120. The summed E-state index contributed by atoms with van der Waals surface area (Å²) in [6, 6.07) is 27.8. The smallest absolute Gasteiger partial charge is 0.306 e. The lowest BCUT2D eigenvalue weighted by Crippen LogP contribution is -2.35. The minimum atomic E-state index is -0.221. The summed E-state index contributed by atoms with van der Waals surface area (Å²) in [6.07, 6.45) is 4.26. The van der Waals surface area contributed by atoms with Crippen LogP contribution in [-0.4, -0.2) is 16.8 Å². The van der Waals surface area contributed by atoms with E-state index in [4.69, 9.17) is 16.7 Å². The van der Waals surface area contributed by atoms with Gasteiger partial charge in [0.1, 0.15) is 0 Å². The Morgan fingerprint density at radius 2 is 1.72 bits per heavy atom. The molecule has 32 heavy (non-hydrogen) atoms. The number of urea groups is 1. The van der Waals surface area contributed by atoms with Gasteiger partial charge in [0.05, 0.1) is 6.04 Å². The van der Waals surface area contributed by atoms with Gasteiger partial charge in [-0.05, 0) is 48.6 Å². The van der Waals surface area contributed by atoms with Gasteiger partial charge in [-0.2, -0.15) is 5.10 Å². The molecule has 4 nitrogen and oxygen atoms in total. The zero-order chi connectivity index (χ0) is 21.9. The van der Waals surface area contributed by atoms with Crippen LogP contribution in [0.1, 0.15) is 36.4 Å². The van der Waals surface area contributed by atoms with Crippen LogP contribution in [0.2, 0.25) is 5.02 Å². The molecule has 0 radical (unpaired) electrons. The maximum absolute atomic E-state index is 13.4. The summed E-state index contributed by atoms with van der Waals surface area (Å²) in [5.41, 5.74) is 4.28. The quantitative estimate of drug-likeness (QED) is 0.466. The van der Waals surface area contributed by atoms with Crippen molar-refractivity contribution < 1.29 is 4.79 Å². The maximum atomic E-state index is 13.4. The fraction of sp³-hybridized carbons (Fsp3) is 0.259. The van der Waals surface area contributed by atoms with Crippen molar-refractivity contribution in [2.45, 2.75) is 31.7 Å². The Labute approximate surface area is 193 Å². The van der Waals surface area contributed by atoms with Gasteiger partial charge in [0, 0.05) is 28.3 Å². The average Bonchev–Trinajstić information content (AvgIpc) is 3.21. The van der Waals surface area contributed by atoms with E-state index in [1.54, 1.807) is 17.1 Å². The molecule has 3 aromatic carbocycles. The molecule has 1 aliphatic carbocycles. The third kappa shape index (κ3) is 4.28. The molecule has 1 N–H and O–H groups in total. The highest BCUT2D eigenvalue weighted by molar-refractivity contribution is 6.30. The van der Waals surface area contributed by atoms with E-state index in [0.29, 0.717) is 16.6 Å². The summed E-state index contributed by atoms with van der Waals surface area (Å²) in [6.45, 7) is 0. The SMILES string of the molecule is O=C(Nc1cccc(Cl)c1)N1N=C2C(Cc3ccccc3)CCCC2C1c1ccccc1. The van der Waals surface area contributed by atoms with Gasteiger partial charge in [-0.25, -0.2) is 9.80 Å². The normalized spacial score (nSPS) is 22.2. The Balaban J connectivity index is 1.46. The second-order valence-electron chi connectivity index (χ2n) is 8.59. The summed E-state index contributed by atoms with van der Waals surface area (Å²) in [7, 11) is 0. The highest BCUT2D eigenvalue weighted by Gasteiger charge is 2.45. The number of hydrazone groups is 1. The molecule has 0 spiro atoms. The topological polar surface area (TPSA) is 44.7 Å². The summed E-state index contributed by atoms with van der Waals surface area (Å²) >= 11 is 6.12. The number of carbonyl (C=O) groups excluding carboxylic acids is 1. The number of fused-ring (bicyclic) bond motifs is 1. The first-order valence-electron chi connectivity index (χ1n) is 11.2. The maximum Gasteiger partial charge on any atom is 0.342 e. The van der Waals surface area contributed by atoms with Crippen LogP contribution in [0.15, 0.2) is 90.0 Å². The van der Waals surface area contributed by atoms with Gasteiger partial charge in [0.2, 0.25) is 0 Å². The van der Waals surface area contributed by atoms with Crippen molar-refractivity contribution in [2.24, 2.45) is 16.9 Å². The van der Waals surface area contributed by atoms with Gasteiger partial charge in [-0.3, -0.25) is 0 Å². The fourth-order valence-corrected chi connectivity index (χ4v) is 5.25. The molecule has 2 amide bonds. The van der Waals surface area contributed by atoms with Gasteiger partial charge in [0.25, 0.3) is 0 Å². The van der Waals surface area contributed by atoms with Crippen LogP contribution in [0, 0.1) is 11.8 Å². The van der Waals surface area contributed by atoms with Crippen molar-refractivity contribution in [1.29, 1.82) is 0 Å². The number of carbonyl (C=O) groups is 1. The zero-order valence-electron chi connectivity index (χ0n) is 17.8. The van der Waals surface area contributed by atoms with Crippen LogP contribution in [0.3, 0.4) is 0 Å². The molecular weight excluding hydrogens is 418 g/mol. The van der Waals surface area contributed by atoms with E-state index in [2.05, 4.69) is 41.7 Å². The number of anilines is 1. The second kappa shape index (κ2) is 9.17. The lowest BCUT2D eigenvalue weighted by atomic mass is 9.73. The molecular formula is C27H26ClN3O. The summed E-state index contributed by atoms with van der Waals surface area (Å²) in [5.74, 6) is 0.594. The van der Waals surface area contributed by atoms with E-state index in [0.717, 1.165) is 37.0 Å². The minimum Gasteiger partial charge on any atom is -0.306 e. The molecule has 2 aliphatic rings. The predicted octanol–water partition coefficient (Wildman–Crippen LogP) is 6.94. The number of rotatable bonds is 4. The van der Waals surface area contributed by atoms with E-state index in [-0.39, 0.29) is 18.0 Å². The van der Waals surface area contributed by atoms with Crippen LogP contribution in [0.5, 0.6) is 0 Å². The molecule has 0 saturated heterocycles. The Hall–Kier alpha value is -3.11. The summed E-state index contributed by atoms with van der Waals surface area (Å²) < 4.78 is 0. The van der Waals surface area contributed by atoms with E-state index < -0.39 is 0 Å². The lowest BCUT2D eigenvalue weighted by molar-refractivity contribution is 0.187. The molecule has 1 heterocycles.